The summed E-state index contributed by atoms with van der Waals surface area (Å²) in [7, 11) is 1.61. The van der Waals surface area contributed by atoms with Gasteiger partial charge in [0.1, 0.15) is 11.6 Å². The lowest BCUT2D eigenvalue weighted by molar-refractivity contribution is -0.116. The van der Waals surface area contributed by atoms with E-state index in [1.807, 2.05) is 0 Å². The third kappa shape index (κ3) is 4.73. The van der Waals surface area contributed by atoms with Gasteiger partial charge in [0.15, 0.2) is 0 Å². The molecular weight excluding hydrogens is 372 g/mol. The maximum atomic E-state index is 12.4. The number of carbonyl (C=O) groups excluding carboxylic acids is 1. The molecule has 1 aliphatic rings. The fourth-order valence-electron chi connectivity index (χ4n) is 3.39. The summed E-state index contributed by atoms with van der Waals surface area (Å²) in [5.41, 5.74) is 1.32. The number of benzene rings is 2. The van der Waals surface area contributed by atoms with Crippen LogP contribution in [-0.4, -0.2) is 40.7 Å². The average molecular weight is 397 g/mol. The molecule has 0 bridgehead atoms. The minimum atomic E-state index is -0.0244. The van der Waals surface area contributed by atoms with Crippen LogP contribution in [-0.2, 0) is 22.7 Å². The molecule has 7 heteroatoms. The van der Waals surface area contributed by atoms with Crippen molar-refractivity contribution >= 4 is 33.1 Å². The van der Waals surface area contributed by atoms with Gasteiger partial charge in [0.25, 0.3) is 0 Å². The lowest BCUT2D eigenvalue weighted by Crippen LogP contribution is -2.29. The number of methoxy groups -OCH3 is 1. The molecule has 28 heavy (non-hydrogen) atoms. The molecule has 1 amide bonds. The Morgan fingerprint density at radius 2 is 2.04 bits per heavy atom. The molecule has 1 heterocycles. The van der Waals surface area contributed by atoms with Gasteiger partial charge in [-0.3, -0.25) is 9.69 Å². The van der Waals surface area contributed by atoms with Gasteiger partial charge in [-0.1, -0.05) is 53.8 Å². The second-order valence-electron chi connectivity index (χ2n) is 7.07. The molecule has 4 rings (SSSR count). The molecule has 0 saturated heterocycles. The Balaban J connectivity index is 1.36. The van der Waals surface area contributed by atoms with E-state index in [9.17, 15) is 4.79 Å². The van der Waals surface area contributed by atoms with Crippen molar-refractivity contribution in [3.05, 3.63) is 53.0 Å². The quantitative estimate of drug-likeness (QED) is 0.595. The first-order valence-corrected chi connectivity index (χ1v) is 10.4. The lowest BCUT2D eigenvalue weighted by Gasteiger charge is -2.22. The molecule has 0 atom stereocenters. The van der Waals surface area contributed by atoms with Crippen molar-refractivity contribution in [3.8, 4) is 0 Å². The standard InChI is InChI=1S/C21H24N4O2S/c1-27-14-20-23-24-21(28-20)22-19(26)11-12-25(17-9-10-17)13-16-7-4-6-15-5-2-3-8-18(15)16/h2-8,17H,9-14H2,1H3,(H,22,24,26). The SMILES string of the molecule is COCc1nnc(NC(=O)CCN(Cc2cccc3ccccc23)C2CC2)s1. The van der Waals surface area contributed by atoms with Crippen molar-refractivity contribution in [3.63, 3.8) is 0 Å². The number of fused-ring (bicyclic) bond motifs is 1. The molecule has 1 fully saturated rings. The highest BCUT2D eigenvalue weighted by Gasteiger charge is 2.29. The van der Waals surface area contributed by atoms with Gasteiger partial charge in [-0.25, -0.2) is 0 Å². The molecule has 1 N–H and O–H groups in total. The summed E-state index contributed by atoms with van der Waals surface area (Å²) in [6.45, 7) is 2.02. The predicted molar refractivity (Wildman–Crippen MR) is 111 cm³/mol. The van der Waals surface area contributed by atoms with Crippen molar-refractivity contribution < 1.29 is 9.53 Å². The van der Waals surface area contributed by atoms with Crippen molar-refractivity contribution in [2.45, 2.75) is 38.5 Å². The predicted octanol–water partition coefficient (Wildman–Crippen LogP) is 3.83. The number of carbonyl (C=O) groups is 1. The molecule has 1 aliphatic carbocycles. The largest absolute Gasteiger partial charge is 0.377 e. The van der Waals surface area contributed by atoms with Crippen LogP contribution >= 0.6 is 11.3 Å². The van der Waals surface area contributed by atoms with Gasteiger partial charge in [-0.15, -0.1) is 10.2 Å². The van der Waals surface area contributed by atoms with Crippen LogP contribution in [0.15, 0.2) is 42.5 Å². The number of rotatable bonds is 9. The van der Waals surface area contributed by atoms with Crippen molar-refractivity contribution in [2.75, 3.05) is 19.0 Å². The van der Waals surface area contributed by atoms with Crippen LogP contribution in [0.2, 0.25) is 0 Å². The minimum Gasteiger partial charge on any atom is -0.377 e. The first-order valence-electron chi connectivity index (χ1n) is 9.55. The molecule has 146 valence electrons. The zero-order valence-corrected chi connectivity index (χ0v) is 16.7. The molecule has 6 nitrogen and oxygen atoms in total. The van der Waals surface area contributed by atoms with Crippen LogP contribution < -0.4 is 5.32 Å². The number of hydrogen-bond donors (Lipinski definition) is 1. The van der Waals surface area contributed by atoms with Crippen LogP contribution in [0.1, 0.15) is 29.8 Å². The van der Waals surface area contributed by atoms with Crippen molar-refractivity contribution in [1.29, 1.82) is 0 Å². The number of nitrogens with zero attached hydrogens (tertiary/aromatic N) is 3. The molecule has 0 unspecified atom stereocenters. The Labute approximate surface area is 168 Å². The third-order valence-electron chi connectivity index (χ3n) is 4.92. The van der Waals surface area contributed by atoms with E-state index in [4.69, 9.17) is 4.74 Å². The van der Waals surface area contributed by atoms with Gasteiger partial charge in [0.05, 0.1) is 0 Å². The summed E-state index contributed by atoms with van der Waals surface area (Å²) in [4.78, 5) is 14.8. The highest BCUT2D eigenvalue weighted by Crippen LogP contribution is 2.30. The molecule has 0 radical (unpaired) electrons. The number of amides is 1. The number of aromatic nitrogens is 2. The zero-order chi connectivity index (χ0) is 19.3. The summed E-state index contributed by atoms with van der Waals surface area (Å²) < 4.78 is 5.03. The molecule has 3 aromatic rings. The summed E-state index contributed by atoms with van der Waals surface area (Å²) in [5, 5.41) is 14.7. The molecule has 0 spiro atoms. The second-order valence-corrected chi connectivity index (χ2v) is 8.13. The van der Waals surface area contributed by atoms with E-state index < -0.39 is 0 Å². The van der Waals surface area contributed by atoms with Gasteiger partial charge >= 0.3 is 0 Å². The van der Waals surface area contributed by atoms with Gasteiger partial charge in [0, 0.05) is 32.7 Å². The van der Waals surface area contributed by atoms with E-state index in [0.29, 0.717) is 24.2 Å². The summed E-state index contributed by atoms with van der Waals surface area (Å²) in [5.74, 6) is -0.0244. The smallest absolute Gasteiger partial charge is 0.227 e. The van der Waals surface area contributed by atoms with E-state index in [1.54, 1.807) is 7.11 Å². The normalized spacial score (nSPS) is 13.9. The monoisotopic (exact) mass is 396 g/mol. The summed E-state index contributed by atoms with van der Waals surface area (Å²) in [6.07, 6.45) is 2.87. The van der Waals surface area contributed by atoms with Crippen LogP contribution in [0.25, 0.3) is 10.8 Å². The zero-order valence-electron chi connectivity index (χ0n) is 15.9. The van der Waals surface area contributed by atoms with Crippen molar-refractivity contribution in [2.24, 2.45) is 0 Å². The highest BCUT2D eigenvalue weighted by atomic mass is 32.1. The van der Waals surface area contributed by atoms with E-state index in [1.165, 1.54) is 40.5 Å². The Morgan fingerprint density at radius 3 is 2.86 bits per heavy atom. The van der Waals surface area contributed by atoms with Crippen LogP contribution in [0.3, 0.4) is 0 Å². The molecular formula is C21H24N4O2S. The number of nitrogens with one attached hydrogen (secondary N) is 1. The van der Waals surface area contributed by atoms with Crippen LogP contribution in [0.5, 0.6) is 0 Å². The van der Waals surface area contributed by atoms with Gasteiger partial charge in [-0.2, -0.15) is 0 Å². The maximum Gasteiger partial charge on any atom is 0.227 e. The van der Waals surface area contributed by atoms with E-state index in [-0.39, 0.29) is 5.91 Å². The van der Waals surface area contributed by atoms with Crippen LogP contribution in [0, 0.1) is 0 Å². The number of hydrogen-bond acceptors (Lipinski definition) is 6. The highest BCUT2D eigenvalue weighted by molar-refractivity contribution is 7.15. The van der Waals surface area contributed by atoms with E-state index in [0.717, 1.165) is 18.1 Å². The topological polar surface area (TPSA) is 67.4 Å². The average Bonchev–Trinajstić information content (AvgIpc) is 3.46. The Bertz CT molecular complexity index is 949. The Kier molecular flexibility index (Phi) is 5.95. The van der Waals surface area contributed by atoms with Gasteiger partial charge < -0.3 is 10.1 Å². The lowest BCUT2D eigenvalue weighted by atomic mass is 10.0. The van der Waals surface area contributed by atoms with E-state index in [2.05, 4.69) is 62.9 Å². The number of ether oxygens (including phenoxy) is 1. The number of anilines is 1. The Morgan fingerprint density at radius 1 is 1.21 bits per heavy atom. The summed E-state index contributed by atoms with van der Waals surface area (Å²) in [6, 6.07) is 15.5. The third-order valence-corrected chi connectivity index (χ3v) is 5.74. The molecule has 2 aromatic carbocycles. The second kappa shape index (κ2) is 8.77. The first-order chi connectivity index (χ1) is 13.7. The minimum absolute atomic E-state index is 0.0244. The molecule has 1 saturated carbocycles. The van der Waals surface area contributed by atoms with Gasteiger partial charge in [0.2, 0.25) is 11.0 Å². The van der Waals surface area contributed by atoms with Crippen molar-refractivity contribution in [1.82, 2.24) is 15.1 Å². The van der Waals surface area contributed by atoms with E-state index >= 15 is 0 Å². The molecule has 0 aliphatic heterocycles. The fourth-order valence-corrected chi connectivity index (χ4v) is 4.12. The van der Waals surface area contributed by atoms with Crippen LogP contribution in [0.4, 0.5) is 5.13 Å². The first kappa shape index (κ1) is 19.0. The maximum absolute atomic E-state index is 12.4. The fraction of sp³-hybridized carbons (Fsp3) is 0.381. The summed E-state index contributed by atoms with van der Waals surface area (Å²) >= 11 is 1.35. The van der Waals surface area contributed by atoms with Gasteiger partial charge in [-0.05, 0) is 29.2 Å². The Hall–Kier alpha value is -2.35. The molecule has 1 aromatic heterocycles.